The molecular formula is C23H38BN3O2. The topological polar surface area (TPSA) is 47.0 Å². The molecule has 1 aromatic carbocycles. The van der Waals surface area contributed by atoms with Gasteiger partial charge in [0.2, 0.25) is 5.91 Å². The van der Waals surface area contributed by atoms with E-state index in [4.69, 9.17) is 0 Å². The van der Waals surface area contributed by atoms with E-state index in [1.54, 1.807) is 0 Å². The average Bonchev–Trinajstić information content (AvgIpc) is 2.68. The highest BCUT2D eigenvalue weighted by Crippen LogP contribution is 2.30. The summed E-state index contributed by atoms with van der Waals surface area (Å²) in [6, 6.07) is 10.9. The van der Waals surface area contributed by atoms with E-state index < -0.39 is 0 Å². The maximum absolute atomic E-state index is 13.2. The highest BCUT2D eigenvalue weighted by atomic mass is 16.2. The number of hydrogen-bond acceptors (Lipinski definition) is 4. The van der Waals surface area contributed by atoms with Gasteiger partial charge < -0.3 is 14.7 Å². The summed E-state index contributed by atoms with van der Waals surface area (Å²) in [4.78, 5) is 20.0. The lowest BCUT2D eigenvalue weighted by Crippen LogP contribution is -2.59. The zero-order valence-corrected chi connectivity index (χ0v) is 18.7. The number of rotatable bonds is 5. The van der Waals surface area contributed by atoms with E-state index in [2.05, 4.69) is 65.7 Å². The van der Waals surface area contributed by atoms with Gasteiger partial charge in [0.15, 0.2) is 0 Å². The van der Waals surface area contributed by atoms with Crippen molar-refractivity contribution in [2.75, 3.05) is 32.7 Å². The minimum Gasteiger partial charge on any atom is -0.437 e. The maximum atomic E-state index is 13.2. The number of hydrogen-bond donors (Lipinski definition) is 1. The van der Waals surface area contributed by atoms with Crippen molar-refractivity contribution >= 4 is 13.0 Å². The molecular weight excluding hydrogens is 361 g/mol. The molecule has 0 saturated carbocycles. The van der Waals surface area contributed by atoms with Crippen molar-refractivity contribution < 1.29 is 9.82 Å². The maximum Gasteiger partial charge on any atom is 0.376 e. The van der Waals surface area contributed by atoms with Crippen molar-refractivity contribution in [3.8, 4) is 0 Å². The fraction of sp³-hybridized carbons (Fsp3) is 0.696. The molecule has 29 heavy (non-hydrogen) atoms. The lowest BCUT2D eigenvalue weighted by Gasteiger charge is -2.48. The predicted molar refractivity (Wildman–Crippen MR) is 119 cm³/mol. The van der Waals surface area contributed by atoms with Gasteiger partial charge in [-0.25, -0.2) is 0 Å². The van der Waals surface area contributed by atoms with Gasteiger partial charge in [-0.1, -0.05) is 51.1 Å². The van der Waals surface area contributed by atoms with E-state index in [1.165, 1.54) is 5.56 Å². The molecule has 5 nitrogen and oxygen atoms in total. The number of carbonyl (C=O) groups excluding carboxylic acids is 1. The summed E-state index contributed by atoms with van der Waals surface area (Å²) in [7, 11) is -0.380. The minimum absolute atomic E-state index is 0.0563. The fourth-order valence-electron chi connectivity index (χ4n) is 4.76. The molecule has 2 aliphatic heterocycles. The van der Waals surface area contributed by atoms with Gasteiger partial charge in [-0.15, -0.1) is 0 Å². The number of piperazine rings is 1. The van der Waals surface area contributed by atoms with Gasteiger partial charge >= 0.3 is 7.05 Å². The van der Waals surface area contributed by atoms with Crippen LogP contribution in [0, 0.1) is 11.3 Å². The highest BCUT2D eigenvalue weighted by Gasteiger charge is 2.38. The Hall–Kier alpha value is -1.37. The number of nitrogens with zero attached hydrogens (tertiary/aromatic N) is 3. The van der Waals surface area contributed by atoms with Gasteiger partial charge in [-0.05, 0) is 49.7 Å². The summed E-state index contributed by atoms with van der Waals surface area (Å²) in [6.07, 6.45) is 2.66. The first kappa shape index (κ1) is 22.3. The normalized spacial score (nSPS) is 22.7. The van der Waals surface area contributed by atoms with Crippen LogP contribution >= 0.6 is 0 Å². The van der Waals surface area contributed by atoms with Crippen molar-refractivity contribution in [1.29, 1.82) is 0 Å². The van der Waals surface area contributed by atoms with Crippen molar-refractivity contribution in [3.05, 3.63) is 35.9 Å². The van der Waals surface area contributed by atoms with Crippen LogP contribution in [-0.2, 0) is 11.3 Å². The van der Waals surface area contributed by atoms with Crippen LogP contribution in [-0.4, -0.2) is 71.4 Å². The van der Waals surface area contributed by atoms with Crippen molar-refractivity contribution in [2.24, 2.45) is 11.3 Å². The summed E-state index contributed by atoms with van der Waals surface area (Å²) in [5.41, 5.74) is 1.39. The molecule has 2 aliphatic rings. The van der Waals surface area contributed by atoms with E-state index in [9.17, 15) is 9.82 Å². The highest BCUT2D eigenvalue weighted by molar-refractivity contribution is 6.45. The Morgan fingerprint density at radius 2 is 1.76 bits per heavy atom. The molecule has 1 aromatic rings. The largest absolute Gasteiger partial charge is 0.437 e. The Labute approximate surface area is 177 Å². The van der Waals surface area contributed by atoms with E-state index in [1.807, 2.05) is 6.82 Å². The van der Waals surface area contributed by atoms with Crippen molar-refractivity contribution in [2.45, 2.75) is 59.4 Å². The quantitative estimate of drug-likeness (QED) is 0.774. The summed E-state index contributed by atoms with van der Waals surface area (Å²) in [5.74, 6) is 0.764. The van der Waals surface area contributed by atoms with Gasteiger partial charge in [0, 0.05) is 38.6 Å². The molecule has 0 unspecified atom stereocenters. The number of amides is 1. The SMILES string of the molecule is CB(O)N1CCC(CC(=O)N2CCN(Cc3ccccc3)C[C@@H]2C(C)(C)C)CC1. The molecule has 1 N–H and O–H groups in total. The first-order valence-electron chi connectivity index (χ1n) is 11.2. The fourth-order valence-corrected chi connectivity index (χ4v) is 4.76. The van der Waals surface area contributed by atoms with Gasteiger partial charge in [-0.3, -0.25) is 9.69 Å². The second kappa shape index (κ2) is 9.63. The summed E-state index contributed by atoms with van der Waals surface area (Å²) in [5, 5.41) is 9.75. The third-order valence-electron chi connectivity index (χ3n) is 6.67. The van der Waals surface area contributed by atoms with E-state index in [-0.39, 0.29) is 18.5 Å². The Morgan fingerprint density at radius 1 is 1.10 bits per heavy atom. The van der Waals surface area contributed by atoms with E-state index >= 15 is 0 Å². The third-order valence-corrected chi connectivity index (χ3v) is 6.67. The lowest BCUT2D eigenvalue weighted by atomic mass is 9.80. The third kappa shape index (κ3) is 6.06. The van der Waals surface area contributed by atoms with Crippen LogP contribution in [0.5, 0.6) is 0 Å². The Kier molecular flexibility index (Phi) is 7.41. The minimum atomic E-state index is -0.380. The molecule has 0 radical (unpaired) electrons. The van der Waals surface area contributed by atoms with Crippen LogP contribution in [0.2, 0.25) is 6.82 Å². The molecule has 0 aliphatic carbocycles. The molecule has 0 spiro atoms. The molecule has 2 heterocycles. The molecule has 0 aromatic heterocycles. The van der Waals surface area contributed by atoms with Crippen LogP contribution in [0.25, 0.3) is 0 Å². The predicted octanol–water partition coefficient (Wildman–Crippen LogP) is 2.96. The first-order chi connectivity index (χ1) is 13.7. The molecule has 0 bridgehead atoms. The summed E-state index contributed by atoms with van der Waals surface area (Å²) in [6.45, 7) is 14.0. The van der Waals surface area contributed by atoms with Gasteiger partial charge in [0.05, 0.1) is 0 Å². The zero-order valence-electron chi connectivity index (χ0n) is 18.7. The lowest BCUT2D eigenvalue weighted by molar-refractivity contribution is -0.141. The second-order valence-electron chi connectivity index (χ2n) is 10.0. The Balaban J connectivity index is 1.59. The Bertz CT molecular complexity index is 654. The molecule has 160 valence electrons. The average molecular weight is 399 g/mol. The monoisotopic (exact) mass is 399 g/mol. The second-order valence-corrected chi connectivity index (χ2v) is 10.0. The molecule has 2 fully saturated rings. The summed E-state index contributed by atoms with van der Waals surface area (Å²) < 4.78 is 0. The Morgan fingerprint density at radius 3 is 2.34 bits per heavy atom. The molecule has 3 rings (SSSR count). The zero-order chi connectivity index (χ0) is 21.0. The summed E-state index contributed by atoms with van der Waals surface area (Å²) >= 11 is 0. The van der Waals surface area contributed by atoms with Gasteiger partial charge in [0.1, 0.15) is 0 Å². The van der Waals surface area contributed by atoms with Crippen LogP contribution in [0.1, 0.15) is 45.6 Å². The first-order valence-corrected chi connectivity index (χ1v) is 11.2. The van der Waals surface area contributed by atoms with E-state index in [0.29, 0.717) is 18.2 Å². The number of carbonyl (C=O) groups is 1. The van der Waals surface area contributed by atoms with Crippen LogP contribution in [0.3, 0.4) is 0 Å². The molecule has 6 heteroatoms. The van der Waals surface area contributed by atoms with Gasteiger partial charge in [-0.2, -0.15) is 0 Å². The number of piperidine rings is 1. The smallest absolute Gasteiger partial charge is 0.376 e. The van der Waals surface area contributed by atoms with Crippen LogP contribution in [0.4, 0.5) is 0 Å². The van der Waals surface area contributed by atoms with Crippen molar-refractivity contribution in [1.82, 2.24) is 14.6 Å². The van der Waals surface area contributed by atoms with Crippen LogP contribution in [0.15, 0.2) is 30.3 Å². The van der Waals surface area contributed by atoms with Crippen molar-refractivity contribution in [3.63, 3.8) is 0 Å². The van der Waals surface area contributed by atoms with Crippen LogP contribution < -0.4 is 0 Å². The molecule has 1 atom stereocenters. The van der Waals surface area contributed by atoms with Gasteiger partial charge in [0.25, 0.3) is 0 Å². The standard InChI is InChI=1S/C23H38BN3O2/c1-23(2,3)21-18-25(17-20-8-6-5-7-9-20)14-15-27(21)22(28)16-19-10-12-26(13-11-19)24(4)29/h5-9,19,21,29H,10-18H2,1-4H3/t21-/m1/s1. The molecule has 2 saturated heterocycles. The number of benzene rings is 1. The van der Waals surface area contributed by atoms with E-state index in [0.717, 1.165) is 52.1 Å². The molecule has 1 amide bonds.